The number of rotatable bonds is 7. The third-order valence-corrected chi connectivity index (χ3v) is 3.63. The van der Waals surface area contributed by atoms with Gasteiger partial charge in [0.2, 0.25) is 0 Å². The molecular weight excluding hydrogens is 270 g/mol. The lowest BCUT2D eigenvalue weighted by Gasteiger charge is -2.14. The maximum Gasteiger partial charge on any atom is 0.191 e. The van der Waals surface area contributed by atoms with Crippen molar-refractivity contribution < 1.29 is 4.74 Å². The fraction of sp³-hybridized carbons (Fsp3) is 0.533. The summed E-state index contributed by atoms with van der Waals surface area (Å²) >= 11 is 1.86. The second-order valence-electron chi connectivity index (χ2n) is 4.51. The van der Waals surface area contributed by atoms with Crippen LogP contribution in [-0.2, 0) is 6.54 Å². The van der Waals surface area contributed by atoms with Crippen LogP contribution in [0.5, 0.6) is 5.75 Å². The van der Waals surface area contributed by atoms with Crippen molar-refractivity contribution in [2.24, 2.45) is 4.99 Å². The molecule has 4 nitrogen and oxygen atoms in total. The largest absolute Gasteiger partial charge is 0.496 e. The summed E-state index contributed by atoms with van der Waals surface area (Å²) in [5.41, 5.74) is 2.33. The first-order chi connectivity index (χ1) is 9.71. The van der Waals surface area contributed by atoms with Gasteiger partial charge in [-0.1, -0.05) is 12.1 Å². The molecule has 0 aliphatic rings. The Balaban J connectivity index is 2.48. The van der Waals surface area contributed by atoms with Gasteiger partial charge in [0.25, 0.3) is 0 Å². The number of nitrogens with zero attached hydrogens (tertiary/aromatic N) is 1. The number of hydrogen-bond acceptors (Lipinski definition) is 3. The molecule has 0 unspecified atom stereocenters. The van der Waals surface area contributed by atoms with E-state index in [4.69, 9.17) is 4.74 Å². The summed E-state index contributed by atoms with van der Waals surface area (Å²) in [4.78, 5) is 4.22. The van der Waals surface area contributed by atoms with Gasteiger partial charge >= 0.3 is 0 Å². The minimum absolute atomic E-state index is 0.700. The predicted octanol–water partition coefficient (Wildman–Crippen LogP) is 2.42. The van der Waals surface area contributed by atoms with E-state index >= 15 is 0 Å². The van der Waals surface area contributed by atoms with E-state index in [1.807, 2.05) is 17.8 Å². The van der Waals surface area contributed by atoms with Crippen LogP contribution in [0.2, 0.25) is 0 Å². The SMILES string of the molecule is CN=C(NCCCSC)NCc1ccc(C)cc1OC. The summed E-state index contributed by atoms with van der Waals surface area (Å²) in [6.07, 6.45) is 3.26. The number of ether oxygens (including phenoxy) is 1. The zero-order valence-electron chi connectivity index (χ0n) is 12.8. The van der Waals surface area contributed by atoms with Crippen molar-refractivity contribution in [3.05, 3.63) is 29.3 Å². The second kappa shape index (κ2) is 9.53. The van der Waals surface area contributed by atoms with Gasteiger partial charge in [-0.25, -0.2) is 0 Å². The molecule has 0 aromatic heterocycles. The molecule has 5 heteroatoms. The standard InChI is InChI=1S/C15H25N3OS/c1-12-6-7-13(14(10-12)19-3)11-18-15(16-2)17-8-5-9-20-4/h6-7,10H,5,8-9,11H2,1-4H3,(H2,16,17,18). The predicted molar refractivity (Wildman–Crippen MR) is 88.9 cm³/mol. The van der Waals surface area contributed by atoms with Crippen LogP contribution in [0, 0.1) is 6.92 Å². The van der Waals surface area contributed by atoms with Crippen LogP contribution < -0.4 is 15.4 Å². The van der Waals surface area contributed by atoms with E-state index in [0.717, 1.165) is 36.0 Å². The summed E-state index contributed by atoms with van der Waals surface area (Å²) in [5.74, 6) is 2.90. The Bertz CT molecular complexity index is 435. The highest BCUT2D eigenvalue weighted by Crippen LogP contribution is 2.19. The summed E-state index contributed by atoms with van der Waals surface area (Å²) < 4.78 is 5.40. The van der Waals surface area contributed by atoms with Crippen molar-refractivity contribution in [3.8, 4) is 5.75 Å². The topological polar surface area (TPSA) is 45.7 Å². The van der Waals surface area contributed by atoms with Crippen LogP contribution in [0.15, 0.2) is 23.2 Å². The van der Waals surface area contributed by atoms with Gasteiger partial charge in [-0.3, -0.25) is 4.99 Å². The highest BCUT2D eigenvalue weighted by Gasteiger charge is 2.04. The fourth-order valence-corrected chi connectivity index (χ4v) is 2.25. The van der Waals surface area contributed by atoms with Crippen molar-refractivity contribution in [1.29, 1.82) is 0 Å². The van der Waals surface area contributed by atoms with Gasteiger partial charge in [-0.05, 0) is 37.0 Å². The van der Waals surface area contributed by atoms with Gasteiger partial charge in [0.05, 0.1) is 7.11 Å². The van der Waals surface area contributed by atoms with E-state index in [1.54, 1.807) is 14.2 Å². The van der Waals surface area contributed by atoms with E-state index < -0.39 is 0 Å². The molecule has 0 heterocycles. The number of hydrogen-bond donors (Lipinski definition) is 2. The molecule has 0 fully saturated rings. The molecule has 0 amide bonds. The third kappa shape index (κ3) is 5.74. The molecule has 0 radical (unpaired) electrons. The molecule has 1 rings (SSSR count). The maximum atomic E-state index is 5.40. The number of thioether (sulfide) groups is 1. The van der Waals surface area contributed by atoms with Crippen molar-refractivity contribution in [2.45, 2.75) is 19.9 Å². The normalized spacial score (nSPS) is 11.3. The monoisotopic (exact) mass is 295 g/mol. The maximum absolute atomic E-state index is 5.40. The molecule has 0 bridgehead atoms. The molecule has 0 atom stereocenters. The van der Waals surface area contributed by atoms with Crippen molar-refractivity contribution in [1.82, 2.24) is 10.6 Å². The number of benzene rings is 1. The third-order valence-electron chi connectivity index (χ3n) is 2.93. The Morgan fingerprint density at radius 1 is 1.35 bits per heavy atom. The molecule has 0 spiro atoms. The second-order valence-corrected chi connectivity index (χ2v) is 5.50. The Kier molecular flexibility index (Phi) is 7.95. The lowest BCUT2D eigenvalue weighted by atomic mass is 10.1. The highest BCUT2D eigenvalue weighted by molar-refractivity contribution is 7.98. The molecule has 0 aliphatic heterocycles. The van der Waals surface area contributed by atoms with E-state index in [0.29, 0.717) is 6.54 Å². The molecule has 2 N–H and O–H groups in total. The fourth-order valence-electron chi connectivity index (χ4n) is 1.82. The van der Waals surface area contributed by atoms with E-state index in [-0.39, 0.29) is 0 Å². The van der Waals surface area contributed by atoms with Crippen LogP contribution in [0.25, 0.3) is 0 Å². The molecule has 112 valence electrons. The summed E-state index contributed by atoms with van der Waals surface area (Å²) in [7, 11) is 3.49. The van der Waals surface area contributed by atoms with Gasteiger partial charge in [-0.2, -0.15) is 11.8 Å². The minimum atomic E-state index is 0.700. The van der Waals surface area contributed by atoms with Gasteiger partial charge in [0.15, 0.2) is 5.96 Å². The Labute approximate surface area is 126 Å². The van der Waals surface area contributed by atoms with E-state index in [2.05, 4.69) is 40.9 Å². The minimum Gasteiger partial charge on any atom is -0.496 e. The van der Waals surface area contributed by atoms with Crippen LogP contribution in [0.1, 0.15) is 17.5 Å². The number of nitrogens with one attached hydrogen (secondary N) is 2. The summed E-state index contributed by atoms with van der Waals surface area (Å²) in [6.45, 7) is 3.70. The Hall–Kier alpha value is -1.36. The Morgan fingerprint density at radius 3 is 2.80 bits per heavy atom. The first kappa shape index (κ1) is 16.7. The van der Waals surface area contributed by atoms with Gasteiger partial charge in [0.1, 0.15) is 5.75 Å². The van der Waals surface area contributed by atoms with E-state index in [1.165, 1.54) is 5.56 Å². The number of aryl methyl sites for hydroxylation is 1. The molecule has 0 saturated carbocycles. The quantitative estimate of drug-likeness (QED) is 0.461. The molecule has 1 aromatic rings. The van der Waals surface area contributed by atoms with Crippen molar-refractivity contribution in [3.63, 3.8) is 0 Å². The zero-order chi connectivity index (χ0) is 14.8. The molecule has 1 aromatic carbocycles. The van der Waals surface area contributed by atoms with Gasteiger partial charge in [-0.15, -0.1) is 0 Å². The lowest BCUT2D eigenvalue weighted by molar-refractivity contribution is 0.408. The smallest absolute Gasteiger partial charge is 0.191 e. The van der Waals surface area contributed by atoms with Gasteiger partial charge < -0.3 is 15.4 Å². The van der Waals surface area contributed by atoms with Gasteiger partial charge in [0, 0.05) is 25.7 Å². The first-order valence-electron chi connectivity index (χ1n) is 6.78. The van der Waals surface area contributed by atoms with Crippen LogP contribution in [-0.4, -0.2) is 38.7 Å². The van der Waals surface area contributed by atoms with Crippen LogP contribution in [0.4, 0.5) is 0 Å². The number of guanidine groups is 1. The summed E-state index contributed by atoms with van der Waals surface area (Å²) in [6, 6.07) is 6.22. The van der Waals surface area contributed by atoms with Crippen molar-refractivity contribution in [2.75, 3.05) is 32.7 Å². The zero-order valence-corrected chi connectivity index (χ0v) is 13.6. The van der Waals surface area contributed by atoms with Crippen LogP contribution >= 0.6 is 11.8 Å². The molecule has 0 saturated heterocycles. The number of methoxy groups -OCH3 is 1. The Morgan fingerprint density at radius 2 is 2.15 bits per heavy atom. The average molecular weight is 295 g/mol. The highest BCUT2D eigenvalue weighted by atomic mass is 32.2. The lowest BCUT2D eigenvalue weighted by Crippen LogP contribution is -2.37. The van der Waals surface area contributed by atoms with Crippen molar-refractivity contribution >= 4 is 17.7 Å². The van der Waals surface area contributed by atoms with Crippen LogP contribution in [0.3, 0.4) is 0 Å². The molecule has 20 heavy (non-hydrogen) atoms. The first-order valence-corrected chi connectivity index (χ1v) is 8.17. The molecular formula is C15H25N3OS. The number of aliphatic imine (C=N–C) groups is 1. The van der Waals surface area contributed by atoms with E-state index in [9.17, 15) is 0 Å². The average Bonchev–Trinajstić information content (AvgIpc) is 2.47. The summed E-state index contributed by atoms with van der Waals surface area (Å²) in [5, 5.41) is 6.62. The molecule has 0 aliphatic carbocycles.